The maximum Gasteiger partial charge on any atom is 0.133 e. The number of hydrogen-bond acceptors (Lipinski definition) is 4. The number of fused-ring (bicyclic) bond motifs is 1. The molecular weight excluding hydrogens is 338 g/mol. The molecule has 3 atom stereocenters. The molecule has 4 aliphatic rings. The fourth-order valence-corrected chi connectivity index (χ4v) is 6.68. The third-order valence-corrected chi connectivity index (χ3v) is 8.05. The lowest BCUT2D eigenvalue weighted by molar-refractivity contribution is -0.136. The van der Waals surface area contributed by atoms with E-state index in [9.17, 15) is 9.59 Å². The highest BCUT2D eigenvalue weighted by Crippen LogP contribution is 2.65. The van der Waals surface area contributed by atoms with Crippen LogP contribution >= 0.6 is 0 Å². The van der Waals surface area contributed by atoms with Crippen LogP contribution in [0, 0.1) is 11.3 Å². The minimum Gasteiger partial charge on any atom is -0.497 e. The SMILES string of the molecule is COc1ccc2c(c1)[C@]13CCN(CC4CC4)C(CC=O)[C@]1(CCC(=O)C3)C2. The molecule has 1 aliphatic heterocycles. The summed E-state index contributed by atoms with van der Waals surface area (Å²) in [7, 11) is 1.71. The molecule has 4 nitrogen and oxygen atoms in total. The number of ether oxygens (including phenoxy) is 1. The van der Waals surface area contributed by atoms with E-state index in [0.717, 1.165) is 50.3 Å². The molecule has 0 bridgehead atoms. The summed E-state index contributed by atoms with van der Waals surface area (Å²) in [5.41, 5.74) is 2.61. The zero-order valence-corrected chi connectivity index (χ0v) is 16.2. The van der Waals surface area contributed by atoms with Crippen molar-refractivity contribution in [3.05, 3.63) is 29.3 Å². The van der Waals surface area contributed by atoms with Crippen LogP contribution in [0.1, 0.15) is 56.1 Å². The van der Waals surface area contributed by atoms with Crippen molar-refractivity contribution < 1.29 is 14.3 Å². The Morgan fingerprint density at radius 1 is 1.26 bits per heavy atom. The topological polar surface area (TPSA) is 46.6 Å². The lowest BCUT2D eigenvalue weighted by Crippen LogP contribution is -2.64. The standard InChI is InChI=1S/C23H29NO3/c1-27-19-5-4-17-13-23-8-6-18(26)14-22(23,20(17)12-19)9-10-24(15-16-2-3-16)21(23)7-11-25/h4-5,11-12,16,21H,2-3,6-10,13-15H2,1H3/t21?,22-,23+/m1/s1. The van der Waals surface area contributed by atoms with Crippen molar-refractivity contribution in [2.45, 2.75) is 62.8 Å². The van der Waals surface area contributed by atoms with Crippen molar-refractivity contribution in [1.29, 1.82) is 0 Å². The number of carbonyl (C=O) groups is 2. The van der Waals surface area contributed by atoms with Crippen LogP contribution in [0.25, 0.3) is 0 Å². The molecule has 1 heterocycles. The smallest absolute Gasteiger partial charge is 0.133 e. The van der Waals surface area contributed by atoms with Crippen LogP contribution < -0.4 is 4.74 Å². The monoisotopic (exact) mass is 367 g/mol. The van der Waals surface area contributed by atoms with E-state index in [1.807, 2.05) is 6.07 Å². The maximum atomic E-state index is 12.6. The first-order valence-corrected chi connectivity index (χ1v) is 10.5. The Morgan fingerprint density at radius 3 is 2.85 bits per heavy atom. The highest BCUT2D eigenvalue weighted by molar-refractivity contribution is 5.82. The number of Topliss-reactive ketones (excluding diaryl/α,β-unsaturated/α-hetero) is 1. The van der Waals surface area contributed by atoms with Gasteiger partial charge in [0.15, 0.2) is 0 Å². The van der Waals surface area contributed by atoms with Crippen LogP contribution in [0.2, 0.25) is 0 Å². The van der Waals surface area contributed by atoms with Crippen molar-refractivity contribution in [2.24, 2.45) is 11.3 Å². The predicted molar refractivity (Wildman–Crippen MR) is 103 cm³/mol. The van der Waals surface area contributed by atoms with Crippen LogP contribution in [0.15, 0.2) is 18.2 Å². The summed E-state index contributed by atoms with van der Waals surface area (Å²) >= 11 is 0. The fourth-order valence-electron chi connectivity index (χ4n) is 6.68. The third kappa shape index (κ3) is 2.45. The maximum absolute atomic E-state index is 12.6. The second-order valence-corrected chi connectivity index (χ2v) is 9.26. The van der Waals surface area contributed by atoms with Crippen LogP contribution in [-0.2, 0) is 21.4 Å². The Balaban J connectivity index is 1.63. The van der Waals surface area contributed by atoms with Crippen molar-refractivity contribution >= 4 is 12.1 Å². The molecule has 27 heavy (non-hydrogen) atoms. The van der Waals surface area contributed by atoms with Gasteiger partial charge in [0.2, 0.25) is 0 Å². The zero-order chi connectivity index (χ0) is 18.6. The lowest BCUT2D eigenvalue weighted by atomic mass is 9.49. The van der Waals surface area contributed by atoms with Crippen LogP contribution in [-0.4, -0.2) is 43.2 Å². The van der Waals surface area contributed by atoms with Gasteiger partial charge in [-0.05, 0) is 67.8 Å². The Kier molecular flexibility index (Phi) is 3.98. The van der Waals surface area contributed by atoms with Gasteiger partial charge in [0.1, 0.15) is 17.8 Å². The fraction of sp³-hybridized carbons (Fsp3) is 0.652. The van der Waals surface area contributed by atoms with Crippen molar-refractivity contribution in [1.82, 2.24) is 4.90 Å². The van der Waals surface area contributed by atoms with Crippen molar-refractivity contribution in [3.8, 4) is 5.75 Å². The van der Waals surface area contributed by atoms with Gasteiger partial charge in [-0.1, -0.05) is 6.07 Å². The van der Waals surface area contributed by atoms with E-state index in [-0.39, 0.29) is 16.9 Å². The largest absolute Gasteiger partial charge is 0.497 e. The average Bonchev–Trinajstić information content (AvgIpc) is 3.44. The van der Waals surface area contributed by atoms with Gasteiger partial charge in [0.25, 0.3) is 0 Å². The van der Waals surface area contributed by atoms with Gasteiger partial charge in [-0.2, -0.15) is 0 Å². The minimum atomic E-state index is -0.111. The summed E-state index contributed by atoms with van der Waals surface area (Å²) in [4.78, 5) is 27.0. The number of carbonyl (C=O) groups excluding carboxylic acids is 2. The molecule has 1 saturated heterocycles. The lowest BCUT2D eigenvalue weighted by Gasteiger charge is -2.60. The van der Waals surface area contributed by atoms with E-state index in [0.29, 0.717) is 25.0 Å². The highest BCUT2D eigenvalue weighted by atomic mass is 16.5. The number of ketones is 1. The molecule has 144 valence electrons. The Labute approximate surface area is 161 Å². The highest BCUT2D eigenvalue weighted by Gasteiger charge is 2.65. The summed E-state index contributed by atoms with van der Waals surface area (Å²) < 4.78 is 5.52. The number of methoxy groups -OCH3 is 1. The molecule has 5 rings (SSSR count). The van der Waals surface area contributed by atoms with E-state index in [1.165, 1.54) is 24.0 Å². The van der Waals surface area contributed by atoms with Gasteiger partial charge >= 0.3 is 0 Å². The van der Waals surface area contributed by atoms with Gasteiger partial charge < -0.3 is 9.53 Å². The summed E-state index contributed by atoms with van der Waals surface area (Å²) in [5.74, 6) is 2.09. The van der Waals surface area contributed by atoms with Gasteiger partial charge in [-0.25, -0.2) is 0 Å². The van der Waals surface area contributed by atoms with Crippen molar-refractivity contribution in [2.75, 3.05) is 20.2 Å². The molecule has 1 aromatic rings. The normalized spacial score (nSPS) is 35.3. The molecule has 0 amide bonds. The molecule has 0 radical (unpaired) electrons. The first-order valence-electron chi connectivity index (χ1n) is 10.5. The van der Waals surface area contributed by atoms with Gasteiger partial charge in [0.05, 0.1) is 7.11 Å². The molecule has 3 fully saturated rings. The van der Waals surface area contributed by atoms with E-state index < -0.39 is 0 Å². The summed E-state index contributed by atoms with van der Waals surface area (Å²) in [6.45, 7) is 2.13. The van der Waals surface area contributed by atoms with Crippen LogP contribution in [0.4, 0.5) is 0 Å². The first-order chi connectivity index (χ1) is 13.1. The molecule has 1 unspecified atom stereocenters. The van der Waals surface area contributed by atoms with Gasteiger partial charge in [-0.3, -0.25) is 9.69 Å². The number of hydrogen-bond donors (Lipinski definition) is 0. The third-order valence-electron chi connectivity index (χ3n) is 8.05. The van der Waals surface area contributed by atoms with Crippen molar-refractivity contribution in [3.63, 3.8) is 0 Å². The Hall–Kier alpha value is -1.68. The Bertz CT molecular complexity index is 786. The molecule has 1 aromatic carbocycles. The second-order valence-electron chi connectivity index (χ2n) is 9.26. The molecule has 4 heteroatoms. The molecular formula is C23H29NO3. The number of nitrogens with zero attached hydrogens (tertiary/aromatic N) is 1. The summed E-state index contributed by atoms with van der Waals surface area (Å²) in [6, 6.07) is 6.70. The van der Waals surface area contributed by atoms with Gasteiger partial charge in [0, 0.05) is 42.7 Å². The van der Waals surface area contributed by atoms with E-state index >= 15 is 0 Å². The van der Waals surface area contributed by atoms with Gasteiger partial charge in [-0.15, -0.1) is 0 Å². The average molecular weight is 367 g/mol. The molecule has 0 aromatic heterocycles. The van der Waals surface area contributed by atoms with E-state index in [4.69, 9.17) is 4.74 Å². The quantitative estimate of drug-likeness (QED) is 0.749. The predicted octanol–water partition coefficient (Wildman–Crippen LogP) is 3.30. The molecule has 0 spiro atoms. The number of aldehydes is 1. The number of benzene rings is 1. The molecule has 3 aliphatic carbocycles. The molecule has 2 saturated carbocycles. The first kappa shape index (κ1) is 17.4. The Morgan fingerprint density at radius 2 is 2.11 bits per heavy atom. The zero-order valence-electron chi connectivity index (χ0n) is 16.2. The molecule has 0 N–H and O–H groups in total. The minimum absolute atomic E-state index is 0.0175. The number of piperidine rings is 1. The summed E-state index contributed by atoms with van der Waals surface area (Å²) in [6.07, 6.45) is 8.63. The van der Waals surface area contributed by atoms with Crippen LogP contribution in [0.3, 0.4) is 0 Å². The number of rotatable bonds is 5. The number of likely N-dealkylation sites (tertiary alicyclic amines) is 1. The van der Waals surface area contributed by atoms with Crippen LogP contribution in [0.5, 0.6) is 5.75 Å². The summed E-state index contributed by atoms with van der Waals surface area (Å²) in [5, 5.41) is 0. The van der Waals surface area contributed by atoms with E-state index in [1.54, 1.807) is 7.11 Å². The second kappa shape index (κ2) is 6.16. The van der Waals surface area contributed by atoms with E-state index in [2.05, 4.69) is 17.0 Å².